The number of carbonyl (C=O) groups excluding carboxylic acids is 3. The van der Waals surface area contributed by atoms with Gasteiger partial charge in [-0.1, -0.05) is 0 Å². The third-order valence-corrected chi connectivity index (χ3v) is 5.83. The summed E-state index contributed by atoms with van der Waals surface area (Å²) in [6.45, 7) is 2.83. The zero-order chi connectivity index (χ0) is 33.3. The van der Waals surface area contributed by atoms with Gasteiger partial charge in [-0.15, -0.1) is 0 Å². The fraction of sp³-hybridized carbons (Fsp3) is 0.176. The molecular weight excluding hydrogens is 598 g/mol. The average Bonchev–Trinajstić information content (AvgIpc) is 3.08. The van der Waals surface area contributed by atoms with Crippen molar-refractivity contribution in [2.24, 2.45) is 0 Å². The van der Waals surface area contributed by atoms with Gasteiger partial charge in [0.2, 0.25) is 0 Å². The fourth-order valence-electron chi connectivity index (χ4n) is 3.49. The first-order valence-corrected chi connectivity index (χ1v) is 13.7. The number of aromatic hydroxyl groups is 1. The number of methoxy groups -OCH3 is 2. The number of nitriles is 1. The van der Waals surface area contributed by atoms with Crippen LogP contribution in [0.25, 0.3) is 0 Å². The number of phenols is 1. The van der Waals surface area contributed by atoms with Crippen molar-refractivity contribution in [3.63, 3.8) is 0 Å². The molecule has 0 heterocycles. The highest BCUT2D eigenvalue weighted by molar-refractivity contribution is 5.94. The molecular formula is C34H31NO11. The summed E-state index contributed by atoms with van der Waals surface area (Å²) in [5.41, 5.74) is 0.899. The Labute approximate surface area is 265 Å². The largest absolute Gasteiger partial charge is 0.513 e. The lowest BCUT2D eigenvalue weighted by atomic mass is 10.2. The Morgan fingerprint density at radius 3 is 1.74 bits per heavy atom. The maximum Gasteiger partial charge on any atom is 0.513 e. The van der Waals surface area contributed by atoms with Gasteiger partial charge in [0.25, 0.3) is 0 Å². The van der Waals surface area contributed by atoms with Gasteiger partial charge in [0, 0.05) is 12.7 Å². The molecule has 0 spiro atoms. The number of phenolic OH excluding ortho intramolecular Hbond substituents is 1. The van der Waals surface area contributed by atoms with E-state index >= 15 is 0 Å². The highest BCUT2D eigenvalue weighted by Crippen LogP contribution is 2.25. The van der Waals surface area contributed by atoms with Crippen molar-refractivity contribution >= 4 is 18.1 Å². The van der Waals surface area contributed by atoms with Crippen molar-refractivity contribution in [1.29, 1.82) is 5.26 Å². The summed E-state index contributed by atoms with van der Waals surface area (Å²) in [4.78, 5) is 35.4. The molecule has 4 rings (SSSR count). The predicted octanol–water partition coefficient (Wildman–Crippen LogP) is 5.96. The number of hydrogen-bond acceptors (Lipinski definition) is 12. The van der Waals surface area contributed by atoms with Crippen LogP contribution in [-0.4, -0.2) is 57.2 Å². The molecule has 0 amide bonds. The molecule has 0 saturated heterocycles. The van der Waals surface area contributed by atoms with Gasteiger partial charge in [-0.05, 0) is 91.9 Å². The van der Waals surface area contributed by atoms with Crippen LogP contribution < -0.4 is 23.7 Å². The molecule has 0 saturated carbocycles. The quantitative estimate of drug-likeness (QED) is 0.0899. The molecule has 238 valence electrons. The maximum atomic E-state index is 12.1. The van der Waals surface area contributed by atoms with Crippen molar-refractivity contribution in [2.45, 2.75) is 6.92 Å². The van der Waals surface area contributed by atoms with E-state index < -0.39 is 18.1 Å². The van der Waals surface area contributed by atoms with Crippen LogP contribution in [0.15, 0.2) is 91.0 Å². The fourth-order valence-corrected chi connectivity index (χ4v) is 3.49. The maximum absolute atomic E-state index is 12.1. The topological polar surface area (TPSA) is 160 Å². The van der Waals surface area contributed by atoms with Crippen LogP contribution in [0.1, 0.15) is 33.2 Å². The van der Waals surface area contributed by atoms with Crippen LogP contribution in [0, 0.1) is 11.3 Å². The monoisotopic (exact) mass is 629 g/mol. The molecule has 1 N–H and O–H groups in total. The van der Waals surface area contributed by atoms with Crippen LogP contribution in [0.5, 0.6) is 34.5 Å². The number of carbonyl (C=O) groups is 3. The minimum absolute atomic E-state index is 0.0372. The van der Waals surface area contributed by atoms with Crippen molar-refractivity contribution in [2.75, 3.05) is 34.0 Å². The van der Waals surface area contributed by atoms with E-state index in [4.69, 9.17) is 38.4 Å². The molecule has 0 aliphatic heterocycles. The minimum atomic E-state index is -0.826. The van der Waals surface area contributed by atoms with Crippen LogP contribution in [0.2, 0.25) is 0 Å². The normalized spacial score (nSPS) is 9.87. The Bertz CT molecular complexity index is 1630. The number of nitrogens with zero attached hydrogens (tertiary/aromatic N) is 1. The third kappa shape index (κ3) is 10.9. The zero-order valence-electron chi connectivity index (χ0n) is 25.3. The molecule has 0 atom stereocenters. The van der Waals surface area contributed by atoms with E-state index in [1.54, 1.807) is 37.4 Å². The number of benzene rings is 4. The Hall–Kier alpha value is -6.06. The average molecular weight is 630 g/mol. The SMILES string of the molecule is CCOCCOC(=O)Oc1ccc(OC(=O)c2ccc(OC)cc2)cc1.COc1ccc(C(=O)Oc2ccc(C#N)cc2)c(O)c1. The van der Waals surface area contributed by atoms with Gasteiger partial charge in [0.05, 0.1) is 38.0 Å². The molecule has 0 aliphatic carbocycles. The van der Waals surface area contributed by atoms with E-state index in [9.17, 15) is 19.5 Å². The predicted molar refractivity (Wildman–Crippen MR) is 164 cm³/mol. The molecule has 0 unspecified atom stereocenters. The first kappa shape index (κ1) is 34.4. The van der Waals surface area contributed by atoms with Gasteiger partial charge in [0.15, 0.2) is 0 Å². The molecule has 0 aromatic heterocycles. The smallest absolute Gasteiger partial charge is 0.507 e. The highest BCUT2D eigenvalue weighted by Gasteiger charge is 2.15. The van der Waals surface area contributed by atoms with Gasteiger partial charge in [-0.3, -0.25) is 0 Å². The van der Waals surface area contributed by atoms with Crippen molar-refractivity contribution in [1.82, 2.24) is 0 Å². The third-order valence-electron chi connectivity index (χ3n) is 5.83. The van der Waals surface area contributed by atoms with Gasteiger partial charge in [-0.25, -0.2) is 14.4 Å². The summed E-state index contributed by atoms with van der Waals surface area (Å²) >= 11 is 0. The summed E-state index contributed by atoms with van der Waals surface area (Å²) < 4.78 is 35.2. The Kier molecular flexibility index (Phi) is 13.4. The first-order valence-electron chi connectivity index (χ1n) is 13.7. The summed E-state index contributed by atoms with van der Waals surface area (Å²) in [5.74, 6) is 0.575. The van der Waals surface area contributed by atoms with Crippen LogP contribution in [-0.2, 0) is 9.47 Å². The first-order chi connectivity index (χ1) is 22.3. The number of esters is 2. The number of ether oxygens (including phenoxy) is 7. The highest BCUT2D eigenvalue weighted by atomic mass is 16.7. The molecule has 0 bridgehead atoms. The van der Waals surface area contributed by atoms with Crippen LogP contribution >= 0.6 is 0 Å². The second kappa shape index (κ2) is 17.9. The van der Waals surface area contributed by atoms with Gasteiger partial charge in [-0.2, -0.15) is 5.26 Å². The second-order valence-corrected chi connectivity index (χ2v) is 8.90. The van der Waals surface area contributed by atoms with Crippen LogP contribution in [0.3, 0.4) is 0 Å². The zero-order valence-corrected chi connectivity index (χ0v) is 25.3. The molecule has 0 radical (unpaired) electrons. The van der Waals surface area contributed by atoms with Crippen molar-refractivity contribution < 1.29 is 52.6 Å². The molecule has 0 aliphatic rings. The van der Waals surface area contributed by atoms with Gasteiger partial charge < -0.3 is 38.3 Å². The van der Waals surface area contributed by atoms with Crippen molar-refractivity contribution in [3.05, 3.63) is 108 Å². The Balaban J connectivity index is 0.000000259. The lowest BCUT2D eigenvalue weighted by Crippen LogP contribution is -2.14. The minimum Gasteiger partial charge on any atom is -0.507 e. The lowest BCUT2D eigenvalue weighted by molar-refractivity contribution is 0.0559. The summed E-state index contributed by atoms with van der Waals surface area (Å²) in [5, 5.41) is 18.4. The molecule has 4 aromatic carbocycles. The second-order valence-electron chi connectivity index (χ2n) is 8.90. The van der Waals surface area contributed by atoms with E-state index in [1.165, 1.54) is 67.8 Å². The van der Waals surface area contributed by atoms with E-state index in [2.05, 4.69) is 0 Å². The molecule has 4 aromatic rings. The van der Waals surface area contributed by atoms with Gasteiger partial charge >= 0.3 is 18.1 Å². The van der Waals surface area contributed by atoms with Crippen LogP contribution in [0.4, 0.5) is 4.79 Å². The molecule has 0 fully saturated rings. The van der Waals surface area contributed by atoms with E-state index in [0.29, 0.717) is 47.3 Å². The van der Waals surface area contributed by atoms with Gasteiger partial charge in [0.1, 0.15) is 46.7 Å². The summed E-state index contributed by atoms with van der Waals surface area (Å²) in [7, 11) is 3.01. The lowest BCUT2D eigenvalue weighted by Gasteiger charge is -2.08. The Morgan fingerprint density at radius 1 is 0.674 bits per heavy atom. The molecule has 12 heteroatoms. The summed E-state index contributed by atoms with van der Waals surface area (Å²) in [6.07, 6.45) is -0.826. The van der Waals surface area contributed by atoms with E-state index in [0.717, 1.165) is 0 Å². The van der Waals surface area contributed by atoms with E-state index in [1.807, 2.05) is 13.0 Å². The van der Waals surface area contributed by atoms with E-state index in [-0.39, 0.29) is 23.7 Å². The molecule has 12 nitrogen and oxygen atoms in total. The summed E-state index contributed by atoms with van der Waals surface area (Å²) in [6, 6.07) is 25.0. The number of hydrogen-bond donors (Lipinski definition) is 1. The standard InChI is InChI=1S/C19H20O7.C15H11NO4/c1-3-23-12-13-24-19(21)26-17-10-8-16(9-11-17)25-18(20)14-4-6-15(22-2)7-5-14;1-19-12-6-7-13(14(17)8-12)15(18)20-11-4-2-10(9-16)3-5-11/h4-11H,3,12-13H2,1-2H3;2-8,17H,1H3. The Morgan fingerprint density at radius 2 is 1.20 bits per heavy atom. The van der Waals surface area contributed by atoms with Crippen molar-refractivity contribution in [3.8, 4) is 40.6 Å². The molecule has 46 heavy (non-hydrogen) atoms. The number of rotatable bonds is 11.